The van der Waals surface area contributed by atoms with Crippen LogP contribution in [0.2, 0.25) is 0 Å². The van der Waals surface area contributed by atoms with Crippen molar-refractivity contribution in [2.75, 3.05) is 0 Å². The number of hydrogen-bond acceptors (Lipinski definition) is 1. The Labute approximate surface area is 53.0 Å². The number of hydrogen-bond donors (Lipinski definition) is 1. The first-order valence-electron chi connectivity index (χ1n) is 2.23. The summed E-state index contributed by atoms with van der Waals surface area (Å²) in [4.78, 5) is 9.93. The number of amides is 1. The maximum Gasteiger partial charge on any atom is 0.422 e. The van der Waals surface area contributed by atoms with E-state index in [-0.39, 0.29) is 6.04 Å². The Morgan fingerprint density at radius 1 is 1.75 bits per heavy atom. The Morgan fingerprint density at radius 2 is 2.12 bits per heavy atom. The molecule has 0 unspecified atom stereocenters. The summed E-state index contributed by atoms with van der Waals surface area (Å²) < 4.78 is 0.722. The molecular weight excluding hydrogens is 130 g/mol. The van der Waals surface area contributed by atoms with Crippen molar-refractivity contribution in [1.29, 1.82) is 0 Å². The van der Waals surface area contributed by atoms with Crippen molar-refractivity contribution in [1.82, 2.24) is 4.42 Å². The molecule has 0 radical (unpaired) electrons. The topological polar surface area (TPSA) is 40.5 Å². The standard InChI is InChI=1S/C4H8ClNO2/c1-3(2)6(5)4(7)8/h3H,1-2H3,(H,7,8). The molecule has 0 aliphatic heterocycles. The van der Waals surface area contributed by atoms with Crippen molar-refractivity contribution in [3.05, 3.63) is 0 Å². The number of carboxylic acid groups (broad SMARTS) is 1. The fourth-order valence-electron chi connectivity index (χ4n) is 0.221. The monoisotopic (exact) mass is 137 g/mol. The normalized spacial score (nSPS) is 9.50. The van der Waals surface area contributed by atoms with Crippen LogP contribution in [0.3, 0.4) is 0 Å². The molecule has 0 spiro atoms. The van der Waals surface area contributed by atoms with Gasteiger partial charge in [-0.05, 0) is 13.8 Å². The van der Waals surface area contributed by atoms with E-state index in [9.17, 15) is 4.79 Å². The number of carbonyl (C=O) groups is 1. The third-order valence-electron chi connectivity index (χ3n) is 0.636. The molecule has 1 amide bonds. The average Bonchev–Trinajstić information content (AvgIpc) is 1.64. The lowest BCUT2D eigenvalue weighted by molar-refractivity contribution is 0.166. The molecule has 0 aromatic rings. The Balaban J connectivity index is 3.64. The predicted octanol–water partition coefficient (Wildman–Crippen LogP) is 1.53. The lowest BCUT2D eigenvalue weighted by Gasteiger charge is -2.12. The molecule has 0 aliphatic carbocycles. The highest BCUT2D eigenvalue weighted by Crippen LogP contribution is 2.00. The highest BCUT2D eigenvalue weighted by molar-refractivity contribution is 6.20. The van der Waals surface area contributed by atoms with Gasteiger partial charge in [0.15, 0.2) is 0 Å². The van der Waals surface area contributed by atoms with Crippen LogP contribution >= 0.6 is 11.8 Å². The van der Waals surface area contributed by atoms with Gasteiger partial charge in [-0.1, -0.05) is 0 Å². The molecule has 0 atom stereocenters. The Kier molecular flexibility index (Phi) is 2.62. The van der Waals surface area contributed by atoms with Crippen molar-refractivity contribution >= 4 is 17.9 Å². The maximum atomic E-state index is 9.93. The predicted molar refractivity (Wildman–Crippen MR) is 30.9 cm³/mol. The third kappa shape index (κ3) is 2.02. The first-order chi connectivity index (χ1) is 3.55. The zero-order valence-electron chi connectivity index (χ0n) is 4.76. The molecule has 1 N–H and O–H groups in total. The van der Waals surface area contributed by atoms with Crippen LogP contribution in [0.5, 0.6) is 0 Å². The second-order valence-electron chi connectivity index (χ2n) is 1.69. The van der Waals surface area contributed by atoms with Gasteiger partial charge in [-0.25, -0.2) is 9.21 Å². The second kappa shape index (κ2) is 2.77. The van der Waals surface area contributed by atoms with Gasteiger partial charge in [-0.15, -0.1) is 0 Å². The Morgan fingerprint density at radius 3 is 2.12 bits per heavy atom. The van der Waals surface area contributed by atoms with Gasteiger partial charge in [0.2, 0.25) is 0 Å². The van der Waals surface area contributed by atoms with Gasteiger partial charge in [-0.2, -0.15) is 0 Å². The first kappa shape index (κ1) is 7.56. The highest BCUT2D eigenvalue weighted by Gasteiger charge is 2.10. The van der Waals surface area contributed by atoms with Gasteiger partial charge in [-0.3, -0.25) is 0 Å². The quantitative estimate of drug-likeness (QED) is 0.557. The molecule has 0 rings (SSSR count). The molecule has 0 aromatic heterocycles. The van der Waals surface area contributed by atoms with Crippen molar-refractivity contribution in [3.63, 3.8) is 0 Å². The Bertz CT molecular complexity index is 94.0. The molecule has 0 saturated carbocycles. The van der Waals surface area contributed by atoms with E-state index in [4.69, 9.17) is 16.9 Å². The minimum Gasteiger partial charge on any atom is -0.464 e. The molecule has 0 bridgehead atoms. The summed E-state index contributed by atoms with van der Waals surface area (Å²) in [5, 5.41) is 8.15. The van der Waals surface area contributed by atoms with Gasteiger partial charge in [0.1, 0.15) is 0 Å². The number of halogens is 1. The zero-order chi connectivity index (χ0) is 6.73. The van der Waals surface area contributed by atoms with E-state index in [0.29, 0.717) is 0 Å². The smallest absolute Gasteiger partial charge is 0.422 e. The van der Waals surface area contributed by atoms with E-state index in [1.165, 1.54) is 0 Å². The fraction of sp³-hybridized carbons (Fsp3) is 0.750. The molecule has 0 aromatic carbocycles. The largest absolute Gasteiger partial charge is 0.464 e. The van der Waals surface area contributed by atoms with Crippen LogP contribution in [0.25, 0.3) is 0 Å². The van der Waals surface area contributed by atoms with Crippen LogP contribution in [0, 0.1) is 0 Å². The van der Waals surface area contributed by atoms with Gasteiger partial charge >= 0.3 is 6.09 Å². The summed E-state index contributed by atoms with van der Waals surface area (Å²) in [7, 11) is 0. The van der Waals surface area contributed by atoms with Crippen molar-refractivity contribution in [2.45, 2.75) is 19.9 Å². The van der Waals surface area contributed by atoms with Crippen LogP contribution in [0.4, 0.5) is 4.79 Å². The summed E-state index contributed by atoms with van der Waals surface area (Å²) in [5.74, 6) is 0. The molecule has 4 heteroatoms. The van der Waals surface area contributed by atoms with E-state index in [1.54, 1.807) is 13.8 Å². The molecule has 0 heterocycles. The molecule has 3 nitrogen and oxygen atoms in total. The van der Waals surface area contributed by atoms with Crippen LogP contribution in [0.1, 0.15) is 13.8 Å². The molecular formula is C4H8ClNO2. The van der Waals surface area contributed by atoms with Crippen LogP contribution in [-0.2, 0) is 0 Å². The number of rotatable bonds is 1. The van der Waals surface area contributed by atoms with E-state index in [0.717, 1.165) is 4.42 Å². The lowest BCUT2D eigenvalue weighted by Crippen LogP contribution is -2.26. The Hall–Kier alpha value is -0.440. The molecule has 0 aliphatic rings. The average molecular weight is 138 g/mol. The van der Waals surface area contributed by atoms with Crippen LogP contribution in [-0.4, -0.2) is 21.7 Å². The van der Waals surface area contributed by atoms with Crippen LogP contribution in [0.15, 0.2) is 0 Å². The van der Waals surface area contributed by atoms with E-state index < -0.39 is 6.09 Å². The van der Waals surface area contributed by atoms with Gasteiger partial charge in [0.25, 0.3) is 0 Å². The highest BCUT2D eigenvalue weighted by atomic mass is 35.5. The van der Waals surface area contributed by atoms with Crippen LogP contribution < -0.4 is 0 Å². The maximum absolute atomic E-state index is 9.93. The van der Waals surface area contributed by atoms with E-state index in [1.807, 2.05) is 0 Å². The zero-order valence-corrected chi connectivity index (χ0v) is 5.51. The summed E-state index contributed by atoms with van der Waals surface area (Å²) in [6, 6.07) is -0.158. The number of nitrogens with zero attached hydrogens (tertiary/aromatic N) is 1. The molecule has 8 heavy (non-hydrogen) atoms. The van der Waals surface area contributed by atoms with Gasteiger partial charge in [0.05, 0.1) is 0 Å². The lowest BCUT2D eigenvalue weighted by atomic mass is 10.4. The van der Waals surface area contributed by atoms with E-state index >= 15 is 0 Å². The molecule has 0 saturated heterocycles. The third-order valence-corrected chi connectivity index (χ3v) is 1.17. The van der Waals surface area contributed by atoms with Gasteiger partial charge < -0.3 is 5.11 Å². The minimum atomic E-state index is -1.11. The molecule has 0 fully saturated rings. The summed E-state index contributed by atoms with van der Waals surface area (Å²) in [6.07, 6.45) is -1.11. The second-order valence-corrected chi connectivity index (χ2v) is 2.05. The summed E-state index contributed by atoms with van der Waals surface area (Å²) >= 11 is 5.18. The van der Waals surface area contributed by atoms with Crippen molar-refractivity contribution in [3.8, 4) is 0 Å². The first-order valence-corrected chi connectivity index (χ1v) is 2.57. The SMILES string of the molecule is CC(C)N(Cl)C(=O)O. The van der Waals surface area contributed by atoms with Crippen molar-refractivity contribution in [2.24, 2.45) is 0 Å². The van der Waals surface area contributed by atoms with Crippen molar-refractivity contribution < 1.29 is 9.90 Å². The van der Waals surface area contributed by atoms with Gasteiger partial charge in [0, 0.05) is 17.8 Å². The fourth-order valence-corrected chi connectivity index (χ4v) is 0.221. The summed E-state index contributed by atoms with van der Waals surface area (Å²) in [6.45, 7) is 3.39. The minimum absolute atomic E-state index is 0.158. The summed E-state index contributed by atoms with van der Waals surface area (Å²) in [5.41, 5.74) is 0. The van der Waals surface area contributed by atoms with E-state index in [2.05, 4.69) is 0 Å². The molecule has 48 valence electrons.